The molecule has 0 atom stereocenters. The highest BCUT2D eigenvalue weighted by molar-refractivity contribution is 7.09. The van der Waals surface area contributed by atoms with E-state index in [0.29, 0.717) is 32.9 Å². The normalized spacial score (nSPS) is 10.9. The van der Waals surface area contributed by atoms with E-state index in [1.165, 1.54) is 11.3 Å². The molecule has 6 nitrogen and oxygen atoms in total. The number of ether oxygens (including phenoxy) is 2. The van der Waals surface area contributed by atoms with Gasteiger partial charge in [0.1, 0.15) is 5.01 Å². The molecule has 29 heavy (non-hydrogen) atoms. The van der Waals surface area contributed by atoms with Crippen LogP contribution >= 0.6 is 34.5 Å². The van der Waals surface area contributed by atoms with Gasteiger partial charge in [-0.05, 0) is 38.1 Å². The van der Waals surface area contributed by atoms with Gasteiger partial charge in [0.05, 0.1) is 6.61 Å². The molecule has 0 unspecified atom stereocenters. The van der Waals surface area contributed by atoms with E-state index in [9.17, 15) is 9.59 Å². The van der Waals surface area contributed by atoms with Crippen molar-refractivity contribution in [2.45, 2.75) is 20.5 Å². The summed E-state index contributed by atoms with van der Waals surface area (Å²) >= 11 is 13.5. The molecule has 0 aliphatic rings. The van der Waals surface area contributed by atoms with Gasteiger partial charge in [-0.1, -0.05) is 23.2 Å². The maximum Gasteiger partial charge on any atom is 0.358 e. The summed E-state index contributed by atoms with van der Waals surface area (Å²) in [6, 6.07) is 6.92. The predicted octanol–water partition coefficient (Wildman–Crippen LogP) is 5.04. The van der Waals surface area contributed by atoms with Crippen LogP contribution in [-0.2, 0) is 16.1 Å². The highest BCUT2D eigenvalue weighted by Gasteiger charge is 2.20. The van der Waals surface area contributed by atoms with E-state index < -0.39 is 5.97 Å². The van der Waals surface area contributed by atoms with Crippen molar-refractivity contribution in [3.63, 3.8) is 0 Å². The van der Waals surface area contributed by atoms with Crippen LogP contribution in [0.2, 0.25) is 10.0 Å². The van der Waals surface area contributed by atoms with Gasteiger partial charge in [-0.3, -0.25) is 4.79 Å². The minimum atomic E-state index is -0.646. The molecule has 3 aromatic rings. The van der Waals surface area contributed by atoms with Crippen LogP contribution in [0.25, 0.3) is 5.69 Å². The number of carbonyl (C=O) groups is 2. The molecule has 0 radical (unpaired) electrons. The number of esters is 1. The van der Waals surface area contributed by atoms with Crippen molar-refractivity contribution in [1.82, 2.24) is 9.55 Å². The minimum absolute atomic E-state index is 0.161. The average Bonchev–Trinajstić information content (AvgIpc) is 3.23. The molecular weight excluding hydrogens is 435 g/mol. The van der Waals surface area contributed by atoms with Crippen LogP contribution in [-0.4, -0.2) is 35.0 Å². The lowest BCUT2D eigenvalue weighted by Gasteiger charge is -2.11. The van der Waals surface area contributed by atoms with Crippen molar-refractivity contribution >= 4 is 46.3 Å². The number of hydrogen-bond donors (Lipinski definition) is 0. The summed E-state index contributed by atoms with van der Waals surface area (Å²) in [5.74, 6) is -0.953. The molecule has 0 spiro atoms. The highest BCUT2D eigenvalue weighted by atomic mass is 35.5. The Kier molecular flexibility index (Phi) is 6.74. The van der Waals surface area contributed by atoms with Crippen molar-refractivity contribution in [2.75, 3.05) is 13.7 Å². The molecular formula is C20H18Cl2N2O4S. The first-order valence-corrected chi connectivity index (χ1v) is 10.2. The zero-order chi connectivity index (χ0) is 21.1. The predicted molar refractivity (Wildman–Crippen MR) is 113 cm³/mol. The maximum absolute atomic E-state index is 12.7. The summed E-state index contributed by atoms with van der Waals surface area (Å²) in [6.07, 6.45) is 0. The standard InChI is InChI=1S/C20H18Cl2N2O4S/c1-11-4-16(12(2)24(11)15-6-13(21)5-14(22)7-15)18(25)8-28-20(26)17-10-29-19(23-17)9-27-3/h4-7,10H,8-9H2,1-3H3. The molecule has 0 aliphatic heterocycles. The van der Waals surface area contributed by atoms with Crippen molar-refractivity contribution in [2.24, 2.45) is 0 Å². The van der Waals surface area contributed by atoms with Crippen LogP contribution in [0, 0.1) is 13.8 Å². The molecule has 2 heterocycles. The number of methoxy groups -OCH3 is 1. The number of rotatable bonds is 7. The molecule has 152 valence electrons. The van der Waals surface area contributed by atoms with Gasteiger partial charge in [0.2, 0.25) is 5.78 Å². The van der Waals surface area contributed by atoms with E-state index >= 15 is 0 Å². The lowest BCUT2D eigenvalue weighted by molar-refractivity contribution is 0.0469. The Labute approximate surface area is 182 Å². The van der Waals surface area contributed by atoms with Crippen molar-refractivity contribution in [1.29, 1.82) is 0 Å². The smallest absolute Gasteiger partial charge is 0.358 e. The lowest BCUT2D eigenvalue weighted by atomic mass is 10.1. The lowest BCUT2D eigenvalue weighted by Crippen LogP contribution is -2.15. The summed E-state index contributed by atoms with van der Waals surface area (Å²) < 4.78 is 12.0. The number of thiazole rings is 1. The third-order valence-corrected chi connectivity index (χ3v) is 5.46. The van der Waals surface area contributed by atoms with Crippen LogP contribution < -0.4 is 0 Å². The number of aryl methyl sites for hydroxylation is 1. The Hall–Kier alpha value is -2.19. The second-order valence-electron chi connectivity index (χ2n) is 6.31. The number of hydrogen-bond acceptors (Lipinski definition) is 6. The monoisotopic (exact) mass is 452 g/mol. The van der Waals surface area contributed by atoms with E-state index in [1.807, 2.05) is 18.4 Å². The van der Waals surface area contributed by atoms with Crippen LogP contribution in [0.4, 0.5) is 0 Å². The molecule has 0 amide bonds. The van der Waals surface area contributed by atoms with E-state index in [0.717, 1.165) is 11.4 Å². The molecule has 0 bridgehead atoms. The van der Waals surface area contributed by atoms with Gasteiger partial charge in [-0.15, -0.1) is 11.3 Å². The van der Waals surface area contributed by atoms with Crippen molar-refractivity contribution in [3.05, 3.63) is 67.3 Å². The number of nitrogens with zero attached hydrogens (tertiary/aromatic N) is 2. The molecule has 0 N–H and O–H groups in total. The summed E-state index contributed by atoms with van der Waals surface area (Å²) in [4.78, 5) is 28.9. The topological polar surface area (TPSA) is 70.4 Å². The number of benzene rings is 1. The van der Waals surface area contributed by atoms with Gasteiger partial charge in [0.15, 0.2) is 12.3 Å². The fourth-order valence-electron chi connectivity index (χ4n) is 2.99. The summed E-state index contributed by atoms with van der Waals surface area (Å²) in [5.41, 5.74) is 2.91. The molecule has 3 rings (SSSR count). The zero-order valence-corrected chi connectivity index (χ0v) is 18.3. The van der Waals surface area contributed by atoms with Crippen LogP contribution in [0.1, 0.15) is 37.2 Å². The second-order valence-corrected chi connectivity index (χ2v) is 8.12. The van der Waals surface area contributed by atoms with Gasteiger partial charge >= 0.3 is 5.97 Å². The van der Waals surface area contributed by atoms with Gasteiger partial charge in [-0.2, -0.15) is 0 Å². The van der Waals surface area contributed by atoms with Gasteiger partial charge < -0.3 is 14.0 Å². The number of aromatic nitrogens is 2. The number of carbonyl (C=O) groups excluding carboxylic acids is 2. The van der Waals surface area contributed by atoms with E-state index in [-0.39, 0.29) is 18.1 Å². The van der Waals surface area contributed by atoms with E-state index in [2.05, 4.69) is 4.98 Å². The van der Waals surface area contributed by atoms with E-state index in [1.54, 1.807) is 36.8 Å². The molecule has 1 aromatic carbocycles. The Morgan fingerprint density at radius 2 is 1.83 bits per heavy atom. The largest absolute Gasteiger partial charge is 0.453 e. The quantitative estimate of drug-likeness (QED) is 0.370. The zero-order valence-electron chi connectivity index (χ0n) is 16.0. The second kappa shape index (κ2) is 9.09. The Morgan fingerprint density at radius 1 is 1.14 bits per heavy atom. The highest BCUT2D eigenvalue weighted by Crippen LogP contribution is 2.26. The van der Waals surface area contributed by atoms with Crippen LogP contribution in [0.15, 0.2) is 29.6 Å². The first kappa shape index (κ1) is 21.5. The fraction of sp³-hybridized carbons (Fsp3) is 0.250. The Bertz CT molecular complexity index is 1050. The molecule has 0 saturated heterocycles. The molecule has 2 aromatic heterocycles. The number of ketones is 1. The van der Waals surface area contributed by atoms with Gasteiger partial charge in [-0.25, -0.2) is 9.78 Å². The molecule has 0 saturated carbocycles. The molecule has 9 heteroatoms. The minimum Gasteiger partial charge on any atom is -0.453 e. The third-order valence-electron chi connectivity index (χ3n) is 4.20. The fourth-order valence-corrected chi connectivity index (χ4v) is 4.24. The maximum atomic E-state index is 12.7. The molecule has 0 fully saturated rings. The molecule has 0 aliphatic carbocycles. The third kappa shape index (κ3) is 4.87. The first-order chi connectivity index (χ1) is 13.8. The SMILES string of the molecule is COCc1nc(C(=O)OCC(=O)c2cc(C)n(-c3cc(Cl)cc(Cl)c3)c2C)cs1. The summed E-state index contributed by atoms with van der Waals surface area (Å²) in [7, 11) is 1.55. The summed E-state index contributed by atoms with van der Waals surface area (Å²) in [6.45, 7) is 3.62. The Balaban J connectivity index is 1.75. The Morgan fingerprint density at radius 3 is 2.48 bits per heavy atom. The number of Topliss-reactive ketones (excluding diaryl/α,β-unsaturated/α-hetero) is 1. The average molecular weight is 453 g/mol. The van der Waals surface area contributed by atoms with Crippen molar-refractivity contribution in [3.8, 4) is 5.69 Å². The van der Waals surface area contributed by atoms with E-state index in [4.69, 9.17) is 32.7 Å². The van der Waals surface area contributed by atoms with Gasteiger partial charge in [0, 0.05) is 45.2 Å². The van der Waals surface area contributed by atoms with Gasteiger partial charge in [0.25, 0.3) is 0 Å². The van der Waals surface area contributed by atoms with Crippen molar-refractivity contribution < 1.29 is 19.1 Å². The summed E-state index contributed by atoms with van der Waals surface area (Å²) in [5, 5.41) is 3.24. The first-order valence-electron chi connectivity index (χ1n) is 8.59. The van der Waals surface area contributed by atoms with Crippen LogP contribution in [0.5, 0.6) is 0 Å². The number of halogens is 2. The van der Waals surface area contributed by atoms with Crippen LogP contribution in [0.3, 0.4) is 0 Å².